The summed E-state index contributed by atoms with van der Waals surface area (Å²) < 4.78 is 0. The first-order chi connectivity index (χ1) is 10.1. The zero-order chi connectivity index (χ0) is 15.0. The van der Waals surface area contributed by atoms with Gasteiger partial charge in [0.15, 0.2) is 0 Å². The molecule has 0 spiro atoms. The highest BCUT2D eigenvalue weighted by Crippen LogP contribution is 2.32. The summed E-state index contributed by atoms with van der Waals surface area (Å²) in [6.45, 7) is 6.38. The van der Waals surface area contributed by atoms with Gasteiger partial charge in [-0.1, -0.05) is 32.4 Å². The van der Waals surface area contributed by atoms with Crippen LogP contribution in [-0.4, -0.2) is 15.0 Å². The van der Waals surface area contributed by atoms with Crippen molar-refractivity contribution in [3.8, 4) is 11.1 Å². The summed E-state index contributed by atoms with van der Waals surface area (Å²) in [5.41, 5.74) is 4.22. The van der Waals surface area contributed by atoms with Crippen LogP contribution in [0.25, 0.3) is 22.0 Å². The maximum Gasteiger partial charge on any atom is 0.127 e. The molecule has 0 radical (unpaired) electrons. The molecule has 0 unspecified atom stereocenters. The molecule has 0 aliphatic rings. The second-order valence-corrected chi connectivity index (χ2v) is 5.95. The lowest BCUT2D eigenvalue weighted by Gasteiger charge is -2.05. The maximum atomic E-state index is 6.43. The summed E-state index contributed by atoms with van der Waals surface area (Å²) in [5, 5.41) is 1.86. The molecule has 2 heterocycles. The SMILES string of the molecule is CCc1ncc(-c2cc3[nH]c(C(C)C)cc3cc2Cl)cn1. The Bertz CT molecular complexity index is 773. The second-order valence-electron chi connectivity index (χ2n) is 5.54. The number of aromatic nitrogens is 3. The van der Waals surface area contributed by atoms with Gasteiger partial charge in [0.2, 0.25) is 0 Å². The fourth-order valence-electron chi connectivity index (χ4n) is 2.38. The van der Waals surface area contributed by atoms with E-state index in [4.69, 9.17) is 11.6 Å². The van der Waals surface area contributed by atoms with E-state index in [0.717, 1.165) is 39.3 Å². The third-order valence-corrected chi connectivity index (χ3v) is 4.00. The van der Waals surface area contributed by atoms with Gasteiger partial charge in [0.05, 0.1) is 0 Å². The molecule has 108 valence electrons. The van der Waals surface area contributed by atoms with Crippen LogP contribution in [-0.2, 0) is 6.42 Å². The number of hydrogen-bond donors (Lipinski definition) is 1. The van der Waals surface area contributed by atoms with Crippen molar-refractivity contribution in [3.05, 3.63) is 47.1 Å². The molecule has 4 heteroatoms. The summed E-state index contributed by atoms with van der Waals surface area (Å²) in [6, 6.07) is 6.24. The van der Waals surface area contributed by atoms with Crippen molar-refractivity contribution in [2.45, 2.75) is 33.1 Å². The molecule has 1 aromatic carbocycles. The molecule has 0 saturated heterocycles. The van der Waals surface area contributed by atoms with Crippen LogP contribution in [0.5, 0.6) is 0 Å². The normalized spacial score (nSPS) is 11.5. The van der Waals surface area contributed by atoms with E-state index in [0.29, 0.717) is 5.92 Å². The average Bonchev–Trinajstić information content (AvgIpc) is 2.89. The van der Waals surface area contributed by atoms with Crippen molar-refractivity contribution in [1.29, 1.82) is 0 Å². The highest BCUT2D eigenvalue weighted by Gasteiger charge is 2.10. The standard InChI is InChI=1S/C17H18ClN3/c1-4-17-19-8-12(9-20-17)13-7-16-11(5-14(13)18)6-15(21-16)10(2)3/h5-10,21H,4H2,1-3H3. The molecule has 0 saturated carbocycles. The van der Waals surface area contributed by atoms with E-state index in [1.54, 1.807) is 0 Å². The van der Waals surface area contributed by atoms with E-state index in [1.807, 2.05) is 25.4 Å². The summed E-state index contributed by atoms with van der Waals surface area (Å²) in [4.78, 5) is 12.2. The predicted octanol–water partition coefficient (Wildman–Crippen LogP) is 4.96. The smallest absolute Gasteiger partial charge is 0.127 e. The van der Waals surface area contributed by atoms with Crippen molar-refractivity contribution in [2.24, 2.45) is 0 Å². The Morgan fingerprint density at radius 2 is 1.86 bits per heavy atom. The summed E-state index contributed by atoms with van der Waals surface area (Å²) in [6.07, 6.45) is 4.51. The molecular weight excluding hydrogens is 282 g/mol. The number of benzene rings is 1. The molecule has 1 N–H and O–H groups in total. The number of aromatic amines is 1. The Balaban J connectivity index is 2.10. The first kappa shape index (κ1) is 14.1. The lowest BCUT2D eigenvalue weighted by molar-refractivity contribution is 0.836. The van der Waals surface area contributed by atoms with Gasteiger partial charge < -0.3 is 4.98 Å². The fraction of sp³-hybridized carbons (Fsp3) is 0.294. The highest BCUT2D eigenvalue weighted by molar-refractivity contribution is 6.34. The molecule has 0 amide bonds. The quantitative estimate of drug-likeness (QED) is 0.742. The Morgan fingerprint density at radius 1 is 1.14 bits per heavy atom. The summed E-state index contributed by atoms with van der Waals surface area (Å²) in [5.74, 6) is 1.31. The number of H-pyrrole nitrogens is 1. The minimum Gasteiger partial charge on any atom is -0.358 e. The average molecular weight is 300 g/mol. The highest BCUT2D eigenvalue weighted by atomic mass is 35.5. The van der Waals surface area contributed by atoms with Crippen molar-refractivity contribution in [1.82, 2.24) is 15.0 Å². The molecule has 3 nitrogen and oxygen atoms in total. The molecule has 0 aliphatic heterocycles. The van der Waals surface area contributed by atoms with Crippen molar-refractivity contribution in [2.75, 3.05) is 0 Å². The lowest BCUT2D eigenvalue weighted by Crippen LogP contribution is -1.92. The van der Waals surface area contributed by atoms with Gasteiger partial charge in [-0.25, -0.2) is 9.97 Å². The van der Waals surface area contributed by atoms with Crippen LogP contribution in [0.3, 0.4) is 0 Å². The molecule has 0 bridgehead atoms. The van der Waals surface area contributed by atoms with Gasteiger partial charge >= 0.3 is 0 Å². The molecule has 3 aromatic rings. The third kappa shape index (κ3) is 2.66. The van der Waals surface area contributed by atoms with Crippen LogP contribution in [0.15, 0.2) is 30.6 Å². The van der Waals surface area contributed by atoms with Gasteiger partial charge in [0.1, 0.15) is 5.82 Å². The van der Waals surface area contributed by atoms with Crippen LogP contribution >= 0.6 is 11.6 Å². The Labute approximate surface area is 129 Å². The van der Waals surface area contributed by atoms with E-state index in [-0.39, 0.29) is 0 Å². The van der Waals surface area contributed by atoms with Crippen LogP contribution in [0, 0.1) is 0 Å². The first-order valence-electron chi connectivity index (χ1n) is 7.22. The second kappa shape index (κ2) is 5.49. The minimum absolute atomic E-state index is 0.465. The number of nitrogens with zero attached hydrogens (tertiary/aromatic N) is 2. The molecule has 0 atom stereocenters. The van der Waals surface area contributed by atoms with Gasteiger partial charge in [-0.2, -0.15) is 0 Å². The van der Waals surface area contributed by atoms with Crippen LogP contribution in [0.4, 0.5) is 0 Å². The Hall–Kier alpha value is -1.87. The zero-order valence-electron chi connectivity index (χ0n) is 12.4. The monoisotopic (exact) mass is 299 g/mol. The maximum absolute atomic E-state index is 6.43. The van der Waals surface area contributed by atoms with Crippen LogP contribution in [0.1, 0.15) is 38.2 Å². The van der Waals surface area contributed by atoms with Gasteiger partial charge in [-0.3, -0.25) is 0 Å². The van der Waals surface area contributed by atoms with E-state index >= 15 is 0 Å². The van der Waals surface area contributed by atoms with E-state index in [2.05, 4.69) is 40.9 Å². The lowest BCUT2D eigenvalue weighted by atomic mass is 10.1. The summed E-state index contributed by atoms with van der Waals surface area (Å²) >= 11 is 6.43. The molecule has 0 aliphatic carbocycles. The molecule has 21 heavy (non-hydrogen) atoms. The number of nitrogens with one attached hydrogen (secondary N) is 1. The van der Waals surface area contributed by atoms with Gasteiger partial charge in [0, 0.05) is 51.6 Å². The molecule has 2 aromatic heterocycles. The number of hydrogen-bond acceptors (Lipinski definition) is 2. The van der Waals surface area contributed by atoms with E-state index in [9.17, 15) is 0 Å². The zero-order valence-corrected chi connectivity index (χ0v) is 13.2. The number of fused-ring (bicyclic) bond motifs is 1. The molecular formula is C17H18ClN3. The van der Waals surface area contributed by atoms with Crippen molar-refractivity contribution >= 4 is 22.5 Å². The minimum atomic E-state index is 0.465. The molecule has 3 rings (SSSR count). The van der Waals surface area contributed by atoms with Gasteiger partial charge in [0.25, 0.3) is 0 Å². The number of halogens is 1. The Morgan fingerprint density at radius 3 is 2.48 bits per heavy atom. The van der Waals surface area contributed by atoms with E-state index < -0.39 is 0 Å². The largest absolute Gasteiger partial charge is 0.358 e. The van der Waals surface area contributed by atoms with Crippen LogP contribution in [0.2, 0.25) is 5.02 Å². The fourth-order valence-corrected chi connectivity index (χ4v) is 2.67. The predicted molar refractivity (Wildman–Crippen MR) is 87.8 cm³/mol. The van der Waals surface area contributed by atoms with Gasteiger partial charge in [-0.05, 0) is 24.1 Å². The third-order valence-electron chi connectivity index (χ3n) is 3.68. The first-order valence-corrected chi connectivity index (χ1v) is 7.59. The van der Waals surface area contributed by atoms with E-state index in [1.165, 1.54) is 5.69 Å². The van der Waals surface area contributed by atoms with Crippen molar-refractivity contribution in [3.63, 3.8) is 0 Å². The number of rotatable bonds is 3. The molecule has 0 fully saturated rings. The number of aryl methyl sites for hydroxylation is 1. The topological polar surface area (TPSA) is 41.6 Å². The summed E-state index contributed by atoms with van der Waals surface area (Å²) in [7, 11) is 0. The van der Waals surface area contributed by atoms with Gasteiger partial charge in [-0.15, -0.1) is 0 Å². The van der Waals surface area contributed by atoms with Crippen molar-refractivity contribution < 1.29 is 0 Å². The Kier molecular flexibility index (Phi) is 3.68. The van der Waals surface area contributed by atoms with Crippen LogP contribution < -0.4 is 0 Å².